The lowest BCUT2D eigenvalue weighted by molar-refractivity contribution is -0.384. The molecular weight excluding hydrogens is 420 g/mol. The van der Waals surface area contributed by atoms with Crippen LogP contribution >= 0.6 is 0 Å². The van der Waals surface area contributed by atoms with Gasteiger partial charge in [0.1, 0.15) is 5.69 Å². The Balaban J connectivity index is 1.86. The zero-order chi connectivity index (χ0) is 22.8. The number of anilines is 2. The van der Waals surface area contributed by atoms with E-state index in [1.54, 1.807) is 18.2 Å². The molecule has 10 heteroatoms. The van der Waals surface area contributed by atoms with Crippen molar-refractivity contribution in [2.45, 2.75) is 24.7 Å². The summed E-state index contributed by atoms with van der Waals surface area (Å²) < 4.78 is 25.7. The highest BCUT2D eigenvalue weighted by molar-refractivity contribution is 7.89. The monoisotopic (exact) mass is 446 g/mol. The van der Waals surface area contributed by atoms with E-state index in [1.807, 2.05) is 4.90 Å². The van der Waals surface area contributed by atoms with Gasteiger partial charge in [-0.1, -0.05) is 13.0 Å². The first-order valence-electron chi connectivity index (χ1n) is 9.97. The molecule has 1 unspecified atom stereocenters. The van der Waals surface area contributed by atoms with Crippen LogP contribution in [0.4, 0.5) is 17.1 Å². The van der Waals surface area contributed by atoms with Crippen molar-refractivity contribution in [3.8, 4) is 0 Å². The van der Waals surface area contributed by atoms with Crippen LogP contribution in [-0.4, -0.2) is 50.7 Å². The van der Waals surface area contributed by atoms with Crippen LogP contribution in [-0.2, 0) is 10.0 Å². The van der Waals surface area contributed by atoms with Crippen molar-refractivity contribution in [3.05, 3.63) is 58.1 Å². The quantitative estimate of drug-likeness (QED) is 0.538. The van der Waals surface area contributed by atoms with Gasteiger partial charge in [0.25, 0.3) is 11.6 Å². The van der Waals surface area contributed by atoms with Crippen molar-refractivity contribution in [3.63, 3.8) is 0 Å². The molecule has 1 aliphatic rings. The van der Waals surface area contributed by atoms with E-state index in [4.69, 9.17) is 0 Å². The summed E-state index contributed by atoms with van der Waals surface area (Å²) in [4.78, 5) is 25.9. The molecule has 1 heterocycles. The van der Waals surface area contributed by atoms with Crippen LogP contribution in [0, 0.1) is 16.0 Å². The molecule has 0 aromatic heterocycles. The van der Waals surface area contributed by atoms with Gasteiger partial charge in [-0.15, -0.1) is 0 Å². The minimum Gasteiger partial charge on any atom is -0.366 e. The Morgan fingerprint density at radius 1 is 1.23 bits per heavy atom. The maximum Gasteiger partial charge on any atom is 0.293 e. The molecular formula is C21H26N4O5S. The summed E-state index contributed by atoms with van der Waals surface area (Å²) in [5.41, 5.74) is 0.795. The Hall–Kier alpha value is -2.98. The lowest BCUT2D eigenvalue weighted by Crippen LogP contribution is -2.34. The van der Waals surface area contributed by atoms with Crippen LogP contribution in [0.2, 0.25) is 0 Å². The van der Waals surface area contributed by atoms with Crippen LogP contribution in [0.1, 0.15) is 30.1 Å². The first kappa shape index (κ1) is 22.7. The molecule has 0 radical (unpaired) electrons. The van der Waals surface area contributed by atoms with Gasteiger partial charge >= 0.3 is 0 Å². The summed E-state index contributed by atoms with van der Waals surface area (Å²) in [5.74, 6) is -0.108. The molecule has 31 heavy (non-hydrogen) atoms. The molecule has 1 N–H and O–H groups in total. The van der Waals surface area contributed by atoms with Gasteiger partial charge in [-0.05, 0) is 49.1 Å². The van der Waals surface area contributed by atoms with E-state index in [9.17, 15) is 23.3 Å². The third-order valence-electron chi connectivity index (χ3n) is 5.30. The van der Waals surface area contributed by atoms with Crippen LogP contribution in [0.3, 0.4) is 0 Å². The lowest BCUT2D eigenvalue weighted by atomic mass is 9.99. The normalized spacial score (nSPS) is 16.9. The number of piperidine rings is 1. The molecule has 1 atom stereocenters. The predicted octanol–water partition coefficient (Wildman–Crippen LogP) is 3.33. The maximum atomic E-state index is 12.7. The molecule has 1 aliphatic heterocycles. The molecule has 0 spiro atoms. The Labute approximate surface area is 181 Å². The van der Waals surface area contributed by atoms with Crippen LogP contribution in [0.25, 0.3) is 0 Å². The van der Waals surface area contributed by atoms with Crippen molar-refractivity contribution in [2.75, 3.05) is 37.4 Å². The Morgan fingerprint density at radius 3 is 2.61 bits per heavy atom. The van der Waals surface area contributed by atoms with E-state index < -0.39 is 20.9 Å². The summed E-state index contributed by atoms with van der Waals surface area (Å²) in [7, 11) is -0.811. The maximum absolute atomic E-state index is 12.7. The third-order valence-corrected chi connectivity index (χ3v) is 7.11. The van der Waals surface area contributed by atoms with E-state index in [2.05, 4.69) is 12.2 Å². The summed E-state index contributed by atoms with van der Waals surface area (Å²) in [5, 5.41) is 14.3. The molecule has 1 amide bonds. The van der Waals surface area contributed by atoms with Gasteiger partial charge < -0.3 is 10.2 Å². The van der Waals surface area contributed by atoms with Gasteiger partial charge in [-0.2, -0.15) is 0 Å². The number of carbonyl (C=O) groups excluding carboxylic acids is 1. The molecule has 0 saturated carbocycles. The number of hydrogen-bond donors (Lipinski definition) is 1. The van der Waals surface area contributed by atoms with Crippen LogP contribution in [0.15, 0.2) is 47.4 Å². The highest BCUT2D eigenvalue weighted by Crippen LogP contribution is 2.32. The highest BCUT2D eigenvalue weighted by atomic mass is 32.2. The van der Waals surface area contributed by atoms with E-state index in [0.717, 1.165) is 30.2 Å². The van der Waals surface area contributed by atoms with E-state index in [-0.39, 0.29) is 21.8 Å². The summed E-state index contributed by atoms with van der Waals surface area (Å²) >= 11 is 0. The molecule has 1 fully saturated rings. The Bertz CT molecular complexity index is 1100. The Morgan fingerprint density at radius 2 is 1.97 bits per heavy atom. The van der Waals surface area contributed by atoms with E-state index in [1.165, 1.54) is 38.4 Å². The molecule has 0 aliphatic carbocycles. The second-order valence-corrected chi connectivity index (χ2v) is 10.1. The number of benzene rings is 2. The minimum absolute atomic E-state index is 0.0378. The summed E-state index contributed by atoms with van der Waals surface area (Å²) in [6.45, 7) is 3.59. The SMILES string of the molecule is CC1CCCN(c2ccc(C(=O)Nc3cccc(S(=O)(=O)N(C)C)c3)cc2[N+](=O)[O-])C1. The van der Waals surface area contributed by atoms with Crippen LogP contribution < -0.4 is 10.2 Å². The van der Waals surface area contributed by atoms with Gasteiger partial charge in [0.15, 0.2) is 0 Å². The molecule has 3 rings (SSSR count). The summed E-state index contributed by atoms with van der Waals surface area (Å²) in [6, 6.07) is 10.3. The van der Waals surface area contributed by atoms with Crippen molar-refractivity contribution >= 4 is 33.0 Å². The fraction of sp³-hybridized carbons (Fsp3) is 0.381. The molecule has 166 valence electrons. The number of amides is 1. The fourth-order valence-corrected chi connectivity index (χ4v) is 4.58. The number of sulfonamides is 1. The zero-order valence-corrected chi connectivity index (χ0v) is 18.6. The number of rotatable bonds is 6. The first-order valence-corrected chi connectivity index (χ1v) is 11.4. The van der Waals surface area contributed by atoms with Crippen molar-refractivity contribution < 1.29 is 18.1 Å². The van der Waals surface area contributed by atoms with E-state index >= 15 is 0 Å². The van der Waals surface area contributed by atoms with Crippen molar-refractivity contribution in [2.24, 2.45) is 5.92 Å². The molecule has 2 aromatic rings. The van der Waals surface area contributed by atoms with Crippen molar-refractivity contribution in [1.29, 1.82) is 0 Å². The number of nitrogens with zero attached hydrogens (tertiary/aromatic N) is 3. The van der Waals surface area contributed by atoms with Gasteiger partial charge in [-0.3, -0.25) is 14.9 Å². The molecule has 9 nitrogen and oxygen atoms in total. The van der Waals surface area contributed by atoms with E-state index in [0.29, 0.717) is 11.6 Å². The predicted molar refractivity (Wildman–Crippen MR) is 119 cm³/mol. The molecule has 1 saturated heterocycles. The average molecular weight is 447 g/mol. The smallest absolute Gasteiger partial charge is 0.293 e. The number of hydrogen-bond acceptors (Lipinski definition) is 6. The zero-order valence-electron chi connectivity index (χ0n) is 17.7. The lowest BCUT2D eigenvalue weighted by Gasteiger charge is -2.32. The highest BCUT2D eigenvalue weighted by Gasteiger charge is 2.25. The van der Waals surface area contributed by atoms with Crippen molar-refractivity contribution in [1.82, 2.24) is 4.31 Å². The minimum atomic E-state index is -3.65. The number of nitro benzene ring substituents is 1. The van der Waals surface area contributed by atoms with Crippen LogP contribution in [0.5, 0.6) is 0 Å². The molecule has 0 bridgehead atoms. The second kappa shape index (κ2) is 9.03. The van der Waals surface area contributed by atoms with Gasteiger partial charge in [0.05, 0.1) is 9.82 Å². The van der Waals surface area contributed by atoms with Gasteiger partial charge in [-0.25, -0.2) is 12.7 Å². The number of carbonyl (C=O) groups is 1. The number of nitro groups is 1. The first-order chi connectivity index (χ1) is 14.6. The fourth-order valence-electron chi connectivity index (χ4n) is 3.63. The summed E-state index contributed by atoms with van der Waals surface area (Å²) in [6.07, 6.45) is 2.06. The average Bonchev–Trinajstić information content (AvgIpc) is 2.73. The standard InChI is InChI=1S/C21H26N4O5S/c1-15-6-5-11-24(14-15)19-10-9-16(12-20(19)25(27)28)21(26)22-17-7-4-8-18(13-17)31(29,30)23(2)3/h4,7-10,12-13,15H,5-6,11,14H2,1-3H3,(H,22,26). The molecule has 2 aromatic carbocycles. The Kier molecular flexibility index (Phi) is 6.61. The topological polar surface area (TPSA) is 113 Å². The van der Waals surface area contributed by atoms with Gasteiger partial charge in [0.2, 0.25) is 10.0 Å². The second-order valence-electron chi connectivity index (χ2n) is 7.92. The number of nitrogens with one attached hydrogen (secondary N) is 1. The largest absolute Gasteiger partial charge is 0.366 e. The third kappa shape index (κ3) is 5.02. The van der Waals surface area contributed by atoms with Gasteiger partial charge in [0, 0.05) is 44.5 Å².